The van der Waals surface area contributed by atoms with Crippen LogP contribution in [0.5, 0.6) is 0 Å². The molecule has 1 rings (SSSR count). The lowest BCUT2D eigenvalue weighted by Gasteiger charge is -2.15. The van der Waals surface area contributed by atoms with Crippen molar-refractivity contribution < 1.29 is 19.1 Å². The van der Waals surface area contributed by atoms with E-state index in [0.29, 0.717) is 6.54 Å². The standard InChI is InChI=1S/C12H16N2O4/c1-17-8-10(18-12(13)16)11(15)14-7-9-5-3-2-4-6-9/h2-6,10H,7-8H2,1H3,(H2,13,16)(H,14,15)/t10-/m1/s1. The van der Waals surface area contributed by atoms with Crippen LogP contribution in [0.25, 0.3) is 0 Å². The van der Waals surface area contributed by atoms with Crippen molar-refractivity contribution >= 4 is 12.0 Å². The topological polar surface area (TPSA) is 90.7 Å². The lowest BCUT2D eigenvalue weighted by Crippen LogP contribution is -2.41. The van der Waals surface area contributed by atoms with Gasteiger partial charge in [-0.1, -0.05) is 30.3 Å². The maximum absolute atomic E-state index is 11.7. The lowest BCUT2D eigenvalue weighted by atomic mass is 10.2. The van der Waals surface area contributed by atoms with E-state index < -0.39 is 18.1 Å². The third kappa shape index (κ3) is 4.84. The van der Waals surface area contributed by atoms with E-state index in [9.17, 15) is 9.59 Å². The summed E-state index contributed by atoms with van der Waals surface area (Å²) in [7, 11) is 1.40. The van der Waals surface area contributed by atoms with E-state index >= 15 is 0 Å². The summed E-state index contributed by atoms with van der Waals surface area (Å²) >= 11 is 0. The maximum atomic E-state index is 11.7. The fourth-order valence-corrected chi connectivity index (χ4v) is 1.35. The number of hydrogen-bond acceptors (Lipinski definition) is 4. The van der Waals surface area contributed by atoms with Crippen LogP contribution in [0.4, 0.5) is 4.79 Å². The normalized spacial score (nSPS) is 11.6. The molecule has 0 bridgehead atoms. The molecule has 0 radical (unpaired) electrons. The Hall–Kier alpha value is -2.08. The molecule has 0 aromatic heterocycles. The van der Waals surface area contributed by atoms with Crippen molar-refractivity contribution in [3.05, 3.63) is 35.9 Å². The highest BCUT2D eigenvalue weighted by molar-refractivity contribution is 5.83. The zero-order valence-electron chi connectivity index (χ0n) is 10.1. The van der Waals surface area contributed by atoms with E-state index in [-0.39, 0.29) is 6.61 Å². The van der Waals surface area contributed by atoms with Crippen molar-refractivity contribution in [2.75, 3.05) is 13.7 Å². The number of nitrogens with two attached hydrogens (primary N) is 1. The Morgan fingerprint density at radius 1 is 1.33 bits per heavy atom. The van der Waals surface area contributed by atoms with Crippen LogP contribution in [0.2, 0.25) is 0 Å². The van der Waals surface area contributed by atoms with Gasteiger partial charge in [0.25, 0.3) is 5.91 Å². The van der Waals surface area contributed by atoms with Gasteiger partial charge in [-0.25, -0.2) is 4.79 Å². The molecular formula is C12H16N2O4. The molecule has 0 saturated carbocycles. The molecule has 6 nitrogen and oxygen atoms in total. The fraction of sp³-hybridized carbons (Fsp3) is 0.333. The van der Waals surface area contributed by atoms with Crippen molar-refractivity contribution in [2.24, 2.45) is 5.73 Å². The first-order chi connectivity index (χ1) is 8.63. The summed E-state index contributed by atoms with van der Waals surface area (Å²) in [5, 5.41) is 2.64. The fourth-order valence-electron chi connectivity index (χ4n) is 1.35. The Balaban J connectivity index is 2.48. The lowest BCUT2D eigenvalue weighted by molar-refractivity contribution is -0.132. The van der Waals surface area contributed by atoms with Crippen molar-refractivity contribution in [1.29, 1.82) is 0 Å². The number of amides is 2. The van der Waals surface area contributed by atoms with Gasteiger partial charge in [0.1, 0.15) is 0 Å². The molecule has 3 N–H and O–H groups in total. The molecule has 6 heteroatoms. The molecule has 0 spiro atoms. The first kappa shape index (κ1) is 14.0. The predicted molar refractivity (Wildman–Crippen MR) is 64.6 cm³/mol. The second-order valence-corrected chi connectivity index (χ2v) is 3.58. The molecular weight excluding hydrogens is 236 g/mol. The van der Waals surface area contributed by atoms with Crippen LogP contribution in [0.15, 0.2) is 30.3 Å². The van der Waals surface area contributed by atoms with Crippen molar-refractivity contribution in [3.63, 3.8) is 0 Å². The van der Waals surface area contributed by atoms with E-state index in [4.69, 9.17) is 10.5 Å². The van der Waals surface area contributed by atoms with Gasteiger partial charge in [0.05, 0.1) is 6.61 Å². The highest BCUT2D eigenvalue weighted by Crippen LogP contribution is 1.99. The van der Waals surface area contributed by atoms with Gasteiger partial charge in [0, 0.05) is 13.7 Å². The van der Waals surface area contributed by atoms with Gasteiger partial charge < -0.3 is 20.5 Å². The summed E-state index contributed by atoms with van der Waals surface area (Å²) in [6.45, 7) is 0.311. The van der Waals surface area contributed by atoms with Crippen LogP contribution in [0, 0.1) is 0 Å². The molecule has 1 atom stereocenters. The van der Waals surface area contributed by atoms with Gasteiger partial charge in [0.2, 0.25) is 6.10 Å². The van der Waals surface area contributed by atoms with Gasteiger partial charge >= 0.3 is 6.09 Å². The van der Waals surface area contributed by atoms with Crippen molar-refractivity contribution in [1.82, 2.24) is 5.32 Å². The monoisotopic (exact) mass is 252 g/mol. The second-order valence-electron chi connectivity index (χ2n) is 3.58. The Bertz CT molecular complexity index is 394. The quantitative estimate of drug-likeness (QED) is 0.767. The number of carbonyl (C=O) groups is 2. The van der Waals surface area contributed by atoms with E-state index in [0.717, 1.165) is 5.56 Å². The van der Waals surface area contributed by atoms with Gasteiger partial charge in [0.15, 0.2) is 0 Å². The zero-order valence-corrected chi connectivity index (χ0v) is 10.1. The van der Waals surface area contributed by atoms with Gasteiger partial charge in [-0.3, -0.25) is 4.79 Å². The molecule has 98 valence electrons. The predicted octanol–water partition coefficient (Wildman–Crippen LogP) is 0.413. The van der Waals surface area contributed by atoms with Gasteiger partial charge in [-0.2, -0.15) is 0 Å². The summed E-state index contributed by atoms with van der Waals surface area (Å²) in [5.74, 6) is -0.445. The van der Waals surface area contributed by atoms with E-state index in [1.54, 1.807) is 0 Å². The van der Waals surface area contributed by atoms with Gasteiger partial charge in [-0.05, 0) is 5.56 Å². The summed E-state index contributed by atoms with van der Waals surface area (Å²) in [4.78, 5) is 22.3. The number of ether oxygens (including phenoxy) is 2. The van der Waals surface area contributed by atoms with Crippen molar-refractivity contribution in [3.8, 4) is 0 Å². The Kier molecular flexibility index (Phi) is 5.66. The van der Waals surface area contributed by atoms with Crippen LogP contribution in [-0.4, -0.2) is 31.8 Å². The van der Waals surface area contributed by atoms with Crippen molar-refractivity contribution in [2.45, 2.75) is 12.6 Å². The number of carbonyl (C=O) groups excluding carboxylic acids is 2. The number of rotatable bonds is 6. The Morgan fingerprint density at radius 2 is 2.00 bits per heavy atom. The van der Waals surface area contributed by atoms with Crippen LogP contribution in [-0.2, 0) is 20.8 Å². The number of nitrogens with one attached hydrogen (secondary N) is 1. The minimum atomic E-state index is -1.03. The molecule has 2 amide bonds. The highest BCUT2D eigenvalue weighted by Gasteiger charge is 2.21. The molecule has 0 unspecified atom stereocenters. The molecule has 0 heterocycles. The molecule has 0 aliphatic rings. The van der Waals surface area contributed by atoms with Crippen LogP contribution in [0.1, 0.15) is 5.56 Å². The average molecular weight is 252 g/mol. The molecule has 0 aliphatic carbocycles. The van der Waals surface area contributed by atoms with E-state index in [1.807, 2.05) is 30.3 Å². The summed E-state index contributed by atoms with van der Waals surface area (Å²) in [6, 6.07) is 9.37. The first-order valence-electron chi connectivity index (χ1n) is 5.40. The SMILES string of the molecule is COC[C@@H](OC(N)=O)C(=O)NCc1ccccc1. The highest BCUT2D eigenvalue weighted by atomic mass is 16.6. The summed E-state index contributed by atoms with van der Waals surface area (Å²) in [5.41, 5.74) is 5.82. The largest absolute Gasteiger partial charge is 0.434 e. The Labute approximate surface area is 105 Å². The first-order valence-corrected chi connectivity index (χ1v) is 5.40. The van der Waals surface area contributed by atoms with E-state index in [1.165, 1.54) is 7.11 Å². The molecule has 0 saturated heterocycles. The minimum Gasteiger partial charge on any atom is -0.434 e. The number of hydrogen-bond donors (Lipinski definition) is 2. The van der Waals surface area contributed by atoms with Crippen LogP contribution >= 0.6 is 0 Å². The Morgan fingerprint density at radius 3 is 2.56 bits per heavy atom. The minimum absolute atomic E-state index is 0.0381. The third-order valence-electron chi connectivity index (χ3n) is 2.18. The van der Waals surface area contributed by atoms with Crippen LogP contribution in [0.3, 0.4) is 0 Å². The van der Waals surface area contributed by atoms with Gasteiger partial charge in [-0.15, -0.1) is 0 Å². The zero-order chi connectivity index (χ0) is 13.4. The van der Waals surface area contributed by atoms with Crippen LogP contribution < -0.4 is 11.1 Å². The number of methoxy groups -OCH3 is 1. The van der Waals surface area contributed by atoms with E-state index in [2.05, 4.69) is 10.1 Å². The maximum Gasteiger partial charge on any atom is 0.405 e. The molecule has 0 fully saturated rings. The average Bonchev–Trinajstić information content (AvgIpc) is 2.36. The number of benzene rings is 1. The molecule has 1 aromatic carbocycles. The summed E-state index contributed by atoms with van der Waals surface area (Å²) in [6.07, 6.45) is -2.04. The smallest absolute Gasteiger partial charge is 0.405 e. The second kappa shape index (κ2) is 7.29. The third-order valence-corrected chi connectivity index (χ3v) is 2.18. The summed E-state index contributed by atoms with van der Waals surface area (Å²) < 4.78 is 9.43. The number of primary amides is 1. The molecule has 1 aromatic rings. The molecule has 18 heavy (non-hydrogen) atoms. The molecule has 0 aliphatic heterocycles.